The molecule has 0 radical (unpaired) electrons. The minimum atomic E-state index is -4.04. The van der Waals surface area contributed by atoms with Gasteiger partial charge in [-0.1, -0.05) is 18.1 Å². The van der Waals surface area contributed by atoms with Gasteiger partial charge < -0.3 is 9.39 Å². The number of oxime groups is 1. The first-order chi connectivity index (χ1) is 12.2. The summed E-state index contributed by atoms with van der Waals surface area (Å²) in [5, 5.41) is 17.4. The van der Waals surface area contributed by atoms with Crippen molar-refractivity contribution in [2.45, 2.75) is 44.9 Å². The van der Waals surface area contributed by atoms with Crippen LogP contribution in [0, 0.1) is 17.3 Å². The number of aryl methyl sites for hydroxylation is 1. The molecule has 2 fully saturated rings. The van der Waals surface area contributed by atoms with Crippen LogP contribution in [0.15, 0.2) is 23.4 Å². The first-order valence-electron chi connectivity index (χ1n) is 8.84. The summed E-state index contributed by atoms with van der Waals surface area (Å²) in [5.74, 6) is 1.09. The lowest BCUT2D eigenvalue weighted by atomic mass is 9.55. The van der Waals surface area contributed by atoms with Gasteiger partial charge in [-0.05, 0) is 66.7 Å². The van der Waals surface area contributed by atoms with Gasteiger partial charge in [-0.2, -0.15) is 13.6 Å². The number of rotatable bonds is 2. The number of Topliss-reactive ketones (excluding diaryl/α,β-unsaturated/α-hetero) is 1. The van der Waals surface area contributed by atoms with E-state index >= 15 is 0 Å². The average molecular weight is 378 g/mol. The minimum Gasteiger partial charge on any atom is -0.411 e. The van der Waals surface area contributed by atoms with Crippen molar-refractivity contribution >= 4 is 21.8 Å². The van der Waals surface area contributed by atoms with Gasteiger partial charge in [0.05, 0.1) is 0 Å². The summed E-state index contributed by atoms with van der Waals surface area (Å²) >= 11 is 0. The van der Waals surface area contributed by atoms with E-state index in [4.69, 9.17) is 14.5 Å². The Morgan fingerprint density at radius 2 is 2.12 bits per heavy atom. The molecule has 4 rings (SSSR count). The molecule has 0 amide bonds. The molecule has 0 saturated heterocycles. The molecule has 0 aliphatic heterocycles. The third-order valence-electron chi connectivity index (χ3n) is 6.61. The van der Waals surface area contributed by atoms with Crippen molar-refractivity contribution in [3.05, 3.63) is 29.3 Å². The second-order valence-corrected chi connectivity index (χ2v) is 9.04. The van der Waals surface area contributed by atoms with Gasteiger partial charge in [0.1, 0.15) is 11.5 Å². The molecule has 140 valence electrons. The van der Waals surface area contributed by atoms with Crippen LogP contribution in [0.4, 0.5) is 0 Å². The molecule has 3 aliphatic rings. The quantitative estimate of drug-likeness (QED) is 0.603. The molecular weight excluding hydrogens is 356 g/mol. The summed E-state index contributed by atoms with van der Waals surface area (Å²) in [4.78, 5) is 12.6. The Balaban J connectivity index is 1.66. The van der Waals surface area contributed by atoms with E-state index in [9.17, 15) is 13.2 Å². The molecule has 0 heterocycles. The summed E-state index contributed by atoms with van der Waals surface area (Å²) < 4.78 is 27.1. The molecule has 8 heteroatoms. The average Bonchev–Trinajstić information content (AvgIpc) is 2.84. The smallest absolute Gasteiger partial charge is 0.380 e. The molecule has 1 aromatic rings. The number of benzene rings is 1. The van der Waals surface area contributed by atoms with E-state index in [1.165, 1.54) is 5.56 Å². The lowest BCUT2D eigenvalue weighted by molar-refractivity contribution is -0.125. The predicted octanol–water partition coefficient (Wildman–Crippen LogP) is 2.13. The SMILES string of the molecule is C[C@]12CC[C@@H]3c4ccc(OS(N)(=O)=O)cc4CC[C@H]3[C@@H]1C/C(=N\O)C2=O. The summed E-state index contributed by atoms with van der Waals surface area (Å²) in [6.45, 7) is 2.01. The van der Waals surface area contributed by atoms with Crippen LogP contribution in [0.3, 0.4) is 0 Å². The lowest BCUT2D eigenvalue weighted by Crippen LogP contribution is -2.42. The van der Waals surface area contributed by atoms with Gasteiger partial charge in [0.25, 0.3) is 0 Å². The van der Waals surface area contributed by atoms with Gasteiger partial charge in [0.15, 0.2) is 5.78 Å². The highest BCUT2D eigenvalue weighted by molar-refractivity contribution is 7.84. The van der Waals surface area contributed by atoms with E-state index in [1.807, 2.05) is 13.0 Å². The molecule has 7 nitrogen and oxygen atoms in total. The number of nitrogens with zero attached hydrogens (tertiary/aromatic N) is 1. The number of ketones is 1. The number of nitrogens with two attached hydrogens (primary N) is 1. The number of fused-ring (bicyclic) bond motifs is 5. The van der Waals surface area contributed by atoms with Crippen LogP contribution in [0.2, 0.25) is 0 Å². The maximum absolute atomic E-state index is 12.6. The highest BCUT2D eigenvalue weighted by Crippen LogP contribution is 2.59. The van der Waals surface area contributed by atoms with Crippen molar-refractivity contribution < 1.29 is 22.6 Å². The van der Waals surface area contributed by atoms with Crippen molar-refractivity contribution in [2.75, 3.05) is 0 Å². The Labute approximate surface area is 152 Å². The predicted molar refractivity (Wildman–Crippen MR) is 94.4 cm³/mol. The minimum absolute atomic E-state index is 0.00820. The number of carbonyl (C=O) groups is 1. The van der Waals surface area contributed by atoms with Crippen LogP contribution < -0.4 is 9.32 Å². The first-order valence-corrected chi connectivity index (χ1v) is 10.3. The molecule has 3 aliphatic carbocycles. The van der Waals surface area contributed by atoms with Crippen molar-refractivity contribution in [3.63, 3.8) is 0 Å². The fourth-order valence-electron chi connectivity index (χ4n) is 5.44. The molecular formula is C18H22N2O5S. The van der Waals surface area contributed by atoms with Crippen molar-refractivity contribution in [1.82, 2.24) is 0 Å². The van der Waals surface area contributed by atoms with Gasteiger partial charge in [-0.3, -0.25) is 4.79 Å². The maximum Gasteiger partial charge on any atom is 0.380 e. The van der Waals surface area contributed by atoms with Gasteiger partial charge >= 0.3 is 10.3 Å². The van der Waals surface area contributed by atoms with E-state index in [0.717, 1.165) is 31.2 Å². The standard InChI is InChI=1S/C18H22N2O5S/c1-18-7-6-13-12-5-3-11(25-26(19,23)24)8-10(12)2-4-14(13)15(18)9-16(20-22)17(18)21/h3,5,8,13-15,22H,2,4,6-7,9H2,1H3,(H2,19,23,24)/b20-16+/t13-,14-,15+,18+/m1/s1. The molecule has 2 saturated carbocycles. The first kappa shape index (κ1) is 17.5. The molecule has 0 aromatic heterocycles. The van der Waals surface area contributed by atoms with E-state index in [2.05, 4.69) is 5.16 Å². The molecule has 1 aromatic carbocycles. The Morgan fingerprint density at radius 3 is 2.81 bits per heavy atom. The zero-order valence-electron chi connectivity index (χ0n) is 14.5. The van der Waals surface area contributed by atoms with Crippen LogP contribution in [0.25, 0.3) is 0 Å². The van der Waals surface area contributed by atoms with Crippen LogP contribution >= 0.6 is 0 Å². The number of hydrogen-bond acceptors (Lipinski definition) is 6. The van der Waals surface area contributed by atoms with Gasteiger partial charge in [-0.25, -0.2) is 0 Å². The summed E-state index contributed by atoms with van der Waals surface area (Å²) in [6, 6.07) is 5.32. The summed E-state index contributed by atoms with van der Waals surface area (Å²) in [6.07, 6.45) is 3.92. The van der Waals surface area contributed by atoms with Crippen molar-refractivity contribution in [2.24, 2.45) is 27.5 Å². The molecule has 0 unspecified atom stereocenters. The zero-order chi connectivity index (χ0) is 18.7. The summed E-state index contributed by atoms with van der Waals surface area (Å²) in [7, 11) is -4.04. The fraction of sp³-hybridized carbons (Fsp3) is 0.556. The Bertz CT molecular complexity index is 910. The Hall–Kier alpha value is -1.93. The normalized spacial score (nSPS) is 34.9. The molecule has 3 N–H and O–H groups in total. The largest absolute Gasteiger partial charge is 0.411 e. The highest BCUT2D eigenvalue weighted by atomic mass is 32.2. The fourth-order valence-corrected chi connectivity index (χ4v) is 5.81. The molecule has 26 heavy (non-hydrogen) atoms. The van der Waals surface area contributed by atoms with Gasteiger partial charge in [-0.15, -0.1) is 0 Å². The Kier molecular flexibility index (Phi) is 3.89. The Morgan fingerprint density at radius 1 is 1.35 bits per heavy atom. The number of hydrogen-bond donors (Lipinski definition) is 2. The second-order valence-electron chi connectivity index (χ2n) is 7.89. The topological polar surface area (TPSA) is 119 Å². The van der Waals surface area contributed by atoms with Crippen LogP contribution in [0.1, 0.15) is 49.7 Å². The van der Waals surface area contributed by atoms with Crippen LogP contribution in [-0.4, -0.2) is 25.1 Å². The van der Waals surface area contributed by atoms with E-state index in [-0.39, 0.29) is 17.5 Å². The zero-order valence-corrected chi connectivity index (χ0v) is 15.3. The van der Waals surface area contributed by atoms with Crippen molar-refractivity contribution in [1.29, 1.82) is 0 Å². The number of carbonyl (C=O) groups excluding carboxylic acids is 1. The molecule has 0 bridgehead atoms. The molecule has 0 spiro atoms. The van der Waals surface area contributed by atoms with E-state index < -0.39 is 15.7 Å². The van der Waals surface area contributed by atoms with Crippen LogP contribution in [0.5, 0.6) is 5.75 Å². The van der Waals surface area contributed by atoms with Gasteiger partial charge in [0, 0.05) is 11.8 Å². The van der Waals surface area contributed by atoms with E-state index in [1.54, 1.807) is 12.1 Å². The second kappa shape index (κ2) is 5.79. The maximum atomic E-state index is 12.6. The van der Waals surface area contributed by atoms with Crippen molar-refractivity contribution in [3.8, 4) is 5.75 Å². The highest BCUT2D eigenvalue weighted by Gasteiger charge is 2.57. The van der Waals surface area contributed by atoms with Gasteiger partial charge in [0.2, 0.25) is 0 Å². The van der Waals surface area contributed by atoms with Crippen LogP contribution in [-0.2, 0) is 21.5 Å². The monoisotopic (exact) mass is 378 g/mol. The third kappa shape index (κ3) is 2.63. The lowest BCUT2D eigenvalue weighted by Gasteiger charge is -2.47. The third-order valence-corrected chi connectivity index (χ3v) is 7.04. The molecule has 4 atom stereocenters. The van der Waals surface area contributed by atoms with E-state index in [0.29, 0.717) is 24.0 Å². The summed E-state index contributed by atoms with van der Waals surface area (Å²) in [5.41, 5.74) is 2.15.